The van der Waals surface area contributed by atoms with Crippen LogP contribution in [0.15, 0.2) is 12.1 Å². The van der Waals surface area contributed by atoms with Crippen molar-refractivity contribution in [3.63, 3.8) is 0 Å². The van der Waals surface area contributed by atoms with Crippen LogP contribution in [0.25, 0.3) is 0 Å². The monoisotopic (exact) mass is 344 g/mol. The van der Waals surface area contributed by atoms with E-state index in [2.05, 4.69) is 9.88 Å². The van der Waals surface area contributed by atoms with Gasteiger partial charge in [-0.3, -0.25) is 9.59 Å². The van der Waals surface area contributed by atoms with Crippen LogP contribution in [0.3, 0.4) is 0 Å². The number of carbonyl (C=O) groups excluding carboxylic acids is 2. The van der Waals surface area contributed by atoms with Crippen LogP contribution in [0.1, 0.15) is 42.7 Å². The maximum Gasteiger partial charge on any atom is 0.272 e. The van der Waals surface area contributed by atoms with Crippen LogP contribution < -0.4 is 4.90 Å². The fraction of sp³-hybridized carbons (Fsp3) is 0.632. The molecular weight excluding hydrogens is 316 g/mol. The standard InChI is InChI=1S/C19H28N4O2/c1-4-22(5-2)18(24)15-7-6-11-23(13-15)19(25)16-9-8-14-10-12-21(3)17(14)20-16/h8-9,15H,4-7,10-13H2,1-3H3. The second-order valence-electron chi connectivity index (χ2n) is 6.95. The molecule has 1 aromatic heterocycles. The maximum atomic E-state index is 12.9. The average Bonchev–Trinajstić information content (AvgIpc) is 3.02. The largest absolute Gasteiger partial charge is 0.359 e. The van der Waals surface area contributed by atoms with E-state index < -0.39 is 0 Å². The van der Waals surface area contributed by atoms with Gasteiger partial charge >= 0.3 is 0 Å². The van der Waals surface area contributed by atoms with Crippen molar-refractivity contribution in [3.05, 3.63) is 23.4 Å². The second kappa shape index (κ2) is 7.42. The van der Waals surface area contributed by atoms with Gasteiger partial charge in [0.1, 0.15) is 11.5 Å². The number of hydrogen-bond donors (Lipinski definition) is 0. The highest BCUT2D eigenvalue weighted by molar-refractivity contribution is 5.93. The third-order valence-corrected chi connectivity index (χ3v) is 5.39. The number of pyridine rings is 1. The number of likely N-dealkylation sites (tertiary alicyclic amines) is 1. The van der Waals surface area contributed by atoms with E-state index in [9.17, 15) is 9.59 Å². The average molecular weight is 344 g/mol. The van der Waals surface area contributed by atoms with Crippen molar-refractivity contribution in [1.82, 2.24) is 14.8 Å². The summed E-state index contributed by atoms with van der Waals surface area (Å²) in [5.74, 6) is 0.942. The van der Waals surface area contributed by atoms with Crippen LogP contribution in [-0.2, 0) is 11.2 Å². The lowest BCUT2D eigenvalue weighted by Crippen LogP contribution is -2.46. The number of anilines is 1. The number of aromatic nitrogens is 1. The lowest BCUT2D eigenvalue weighted by molar-refractivity contribution is -0.136. The quantitative estimate of drug-likeness (QED) is 0.836. The van der Waals surface area contributed by atoms with Gasteiger partial charge in [0, 0.05) is 39.8 Å². The number of likely N-dealkylation sites (N-methyl/N-ethyl adjacent to an activating group) is 1. The van der Waals surface area contributed by atoms with Crippen LogP contribution >= 0.6 is 0 Å². The number of hydrogen-bond acceptors (Lipinski definition) is 4. The lowest BCUT2D eigenvalue weighted by atomic mass is 9.96. The van der Waals surface area contributed by atoms with E-state index in [1.54, 1.807) is 4.90 Å². The van der Waals surface area contributed by atoms with E-state index in [-0.39, 0.29) is 17.7 Å². The van der Waals surface area contributed by atoms with E-state index in [0.717, 1.165) is 44.7 Å². The SMILES string of the molecule is CCN(CC)C(=O)C1CCCN(C(=O)c2ccc3c(n2)N(C)CC3)C1. The van der Waals surface area contributed by atoms with Gasteiger partial charge in [-0.2, -0.15) is 0 Å². The zero-order chi connectivity index (χ0) is 18.0. The highest BCUT2D eigenvalue weighted by Gasteiger charge is 2.31. The van der Waals surface area contributed by atoms with Crippen molar-refractivity contribution in [2.75, 3.05) is 44.7 Å². The summed E-state index contributed by atoms with van der Waals surface area (Å²) in [7, 11) is 2.01. The van der Waals surface area contributed by atoms with Gasteiger partial charge in [0.05, 0.1) is 5.92 Å². The minimum absolute atomic E-state index is 0.0554. The Labute approximate surface area is 149 Å². The number of piperidine rings is 1. The van der Waals surface area contributed by atoms with Crippen molar-refractivity contribution in [2.45, 2.75) is 33.1 Å². The molecule has 0 N–H and O–H groups in total. The van der Waals surface area contributed by atoms with Crippen molar-refractivity contribution in [2.24, 2.45) is 5.92 Å². The molecule has 0 spiro atoms. The molecule has 0 radical (unpaired) electrons. The molecule has 1 atom stereocenters. The Hall–Kier alpha value is -2.11. The van der Waals surface area contributed by atoms with Crippen LogP contribution in [0.4, 0.5) is 5.82 Å². The first-order valence-corrected chi connectivity index (χ1v) is 9.34. The lowest BCUT2D eigenvalue weighted by Gasteiger charge is -2.34. The molecule has 0 aliphatic carbocycles. The van der Waals surface area contributed by atoms with Gasteiger partial charge in [-0.1, -0.05) is 6.07 Å². The van der Waals surface area contributed by atoms with Crippen molar-refractivity contribution < 1.29 is 9.59 Å². The van der Waals surface area contributed by atoms with Gasteiger partial charge < -0.3 is 14.7 Å². The minimum Gasteiger partial charge on any atom is -0.359 e. The first kappa shape index (κ1) is 17.7. The Kier molecular flexibility index (Phi) is 5.25. The Morgan fingerprint density at radius 3 is 2.72 bits per heavy atom. The smallest absolute Gasteiger partial charge is 0.272 e. The molecule has 1 saturated heterocycles. The Balaban J connectivity index is 1.72. The zero-order valence-corrected chi connectivity index (χ0v) is 15.5. The normalized spacial score (nSPS) is 19.7. The minimum atomic E-state index is -0.0882. The fourth-order valence-electron chi connectivity index (χ4n) is 3.83. The molecule has 2 amide bonds. The molecule has 1 aromatic rings. The van der Waals surface area contributed by atoms with Gasteiger partial charge in [0.15, 0.2) is 0 Å². The Morgan fingerprint density at radius 2 is 2.00 bits per heavy atom. The first-order chi connectivity index (χ1) is 12.0. The molecule has 25 heavy (non-hydrogen) atoms. The molecule has 3 rings (SSSR count). The molecule has 2 aliphatic heterocycles. The molecule has 6 heteroatoms. The zero-order valence-electron chi connectivity index (χ0n) is 15.5. The third-order valence-electron chi connectivity index (χ3n) is 5.39. The summed E-state index contributed by atoms with van der Waals surface area (Å²) in [5.41, 5.74) is 1.69. The van der Waals surface area contributed by atoms with Crippen molar-refractivity contribution >= 4 is 17.6 Å². The highest BCUT2D eigenvalue weighted by atomic mass is 16.2. The molecule has 3 heterocycles. The van der Waals surface area contributed by atoms with E-state index in [4.69, 9.17) is 0 Å². The third kappa shape index (κ3) is 3.48. The molecule has 1 unspecified atom stereocenters. The summed E-state index contributed by atoms with van der Waals surface area (Å²) < 4.78 is 0. The summed E-state index contributed by atoms with van der Waals surface area (Å²) in [5, 5.41) is 0. The number of nitrogens with zero attached hydrogens (tertiary/aromatic N) is 4. The molecule has 1 fully saturated rings. The molecule has 2 aliphatic rings. The maximum absolute atomic E-state index is 12.9. The number of rotatable bonds is 4. The fourth-order valence-corrected chi connectivity index (χ4v) is 3.83. The number of amides is 2. The molecule has 136 valence electrons. The van der Waals surface area contributed by atoms with Crippen LogP contribution in [0.2, 0.25) is 0 Å². The Bertz CT molecular complexity index is 657. The second-order valence-corrected chi connectivity index (χ2v) is 6.95. The summed E-state index contributed by atoms with van der Waals surface area (Å²) >= 11 is 0. The van der Waals surface area contributed by atoms with E-state index >= 15 is 0 Å². The molecular formula is C19H28N4O2. The van der Waals surface area contributed by atoms with Gasteiger partial charge in [-0.05, 0) is 44.7 Å². The van der Waals surface area contributed by atoms with E-state index in [1.165, 1.54) is 5.56 Å². The van der Waals surface area contributed by atoms with Gasteiger partial charge in [-0.15, -0.1) is 0 Å². The number of carbonyl (C=O) groups is 2. The van der Waals surface area contributed by atoms with Crippen molar-refractivity contribution in [1.29, 1.82) is 0 Å². The van der Waals surface area contributed by atoms with Gasteiger partial charge in [-0.25, -0.2) is 4.98 Å². The van der Waals surface area contributed by atoms with Gasteiger partial charge in [0.2, 0.25) is 5.91 Å². The summed E-state index contributed by atoms with van der Waals surface area (Å²) in [6.45, 7) is 7.59. The molecule has 0 aromatic carbocycles. The van der Waals surface area contributed by atoms with E-state index in [0.29, 0.717) is 18.8 Å². The Morgan fingerprint density at radius 1 is 1.24 bits per heavy atom. The predicted octanol–water partition coefficient (Wildman–Crippen LogP) is 1.79. The summed E-state index contributed by atoms with van der Waals surface area (Å²) in [6, 6.07) is 3.84. The van der Waals surface area contributed by atoms with E-state index in [1.807, 2.05) is 37.9 Å². The molecule has 0 saturated carbocycles. The van der Waals surface area contributed by atoms with Crippen LogP contribution in [0.5, 0.6) is 0 Å². The number of fused-ring (bicyclic) bond motifs is 1. The van der Waals surface area contributed by atoms with Crippen LogP contribution in [-0.4, -0.2) is 66.4 Å². The summed E-state index contributed by atoms with van der Waals surface area (Å²) in [4.78, 5) is 35.9. The predicted molar refractivity (Wildman–Crippen MR) is 97.8 cm³/mol. The molecule has 0 bridgehead atoms. The van der Waals surface area contributed by atoms with Gasteiger partial charge in [0.25, 0.3) is 5.91 Å². The van der Waals surface area contributed by atoms with Crippen LogP contribution in [0, 0.1) is 5.92 Å². The first-order valence-electron chi connectivity index (χ1n) is 9.34. The van der Waals surface area contributed by atoms with Crippen molar-refractivity contribution in [3.8, 4) is 0 Å². The topological polar surface area (TPSA) is 56.8 Å². The summed E-state index contributed by atoms with van der Waals surface area (Å²) in [6.07, 6.45) is 2.71. The highest BCUT2D eigenvalue weighted by Crippen LogP contribution is 2.26. The molecule has 6 nitrogen and oxygen atoms in total.